The SMILES string of the molecule is CCC(C)C(N)C(=O)NC(Cc1cnc[nH]1)C(=O)NC(C(=O)NC(CS)C(=O)O)C(C)O. The minimum atomic E-state index is -1.46. The quantitative estimate of drug-likeness (QED) is 0.153. The Balaban J connectivity index is 3.01. The van der Waals surface area contributed by atoms with Crippen molar-refractivity contribution in [2.24, 2.45) is 11.7 Å². The molecule has 32 heavy (non-hydrogen) atoms. The number of nitrogens with one attached hydrogen (secondary N) is 4. The second-order valence-corrected chi connectivity index (χ2v) is 7.93. The number of nitrogens with zero attached hydrogens (tertiary/aromatic N) is 1. The van der Waals surface area contributed by atoms with E-state index in [4.69, 9.17) is 10.8 Å². The van der Waals surface area contributed by atoms with Crippen LogP contribution >= 0.6 is 12.6 Å². The lowest BCUT2D eigenvalue weighted by molar-refractivity contribution is -0.142. The highest BCUT2D eigenvalue weighted by atomic mass is 32.1. The van der Waals surface area contributed by atoms with Crippen LogP contribution in [-0.4, -0.2) is 79.9 Å². The Bertz CT molecular complexity index is 774. The number of aliphatic hydroxyl groups excluding tert-OH is 1. The van der Waals surface area contributed by atoms with Crippen LogP contribution in [0.3, 0.4) is 0 Å². The van der Waals surface area contributed by atoms with E-state index in [0.29, 0.717) is 12.1 Å². The molecular formula is C19H32N6O6S. The number of carboxylic acids is 1. The molecule has 1 rings (SSSR count). The van der Waals surface area contributed by atoms with E-state index in [1.165, 1.54) is 19.4 Å². The number of hydrogen-bond acceptors (Lipinski definition) is 8. The second kappa shape index (κ2) is 13.0. The van der Waals surface area contributed by atoms with Crippen LogP contribution in [0, 0.1) is 5.92 Å². The van der Waals surface area contributed by atoms with Gasteiger partial charge in [-0.3, -0.25) is 14.4 Å². The van der Waals surface area contributed by atoms with E-state index in [1.807, 2.05) is 13.8 Å². The Morgan fingerprint density at radius 2 is 1.75 bits per heavy atom. The van der Waals surface area contributed by atoms with E-state index in [0.717, 1.165) is 0 Å². The number of thiol groups is 1. The van der Waals surface area contributed by atoms with Crippen LogP contribution in [0.15, 0.2) is 12.5 Å². The third kappa shape index (κ3) is 8.13. The fourth-order valence-corrected chi connectivity index (χ4v) is 2.96. The smallest absolute Gasteiger partial charge is 0.327 e. The zero-order valence-electron chi connectivity index (χ0n) is 18.2. The van der Waals surface area contributed by atoms with Crippen LogP contribution in [0.4, 0.5) is 0 Å². The van der Waals surface area contributed by atoms with Crippen LogP contribution in [0.2, 0.25) is 0 Å². The van der Waals surface area contributed by atoms with Crippen molar-refractivity contribution < 1.29 is 29.4 Å². The summed E-state index contributed by atoms with van der Waals surface area (Å²) in [6.45, 7) is 4.96. The maximum Gasteiger partial charge on any atom is 0.327 e. The van der Waals surface area contributed by atoms with Gasteiger partial charge in [-0.15, -0.1) is 0 Å². The number of carbonyl (C=O) groups excluding carboxylic acids is 3. The van der Waals surface area contributed by atoms with Crippen molar-refractivity contribution in [3.63, 3.8) is 0 Å². The lowest BCUT2D eigenvalue weighted by atomic mass is 9.98. The molecule has 8 N–H and O–H groups in total. The highest BCUT2D eigenvalue weighted by molar-refractivity contribution is 7.80. The molecular weight excluding hydrogens is 440 g/mol. The molecule has 0 spiro atoms. The minimum Gasteiger partial charge on any atom is -0.480 e. The van der Waals surface area contributed by atoms with E-state index in [1.54, 1.807) is 0 Å². The molecule has 1 heterocycles. The first-order chi connectivity index (χ1) is 15.0. The minimum absolute atomic E-state index is 0.0212. The highest BCUT2D eigenvalue weighted by Crippen LogP contribution is 2.07. The van der Waals surface area contributed by atoms with Gasteiger partial charge in [-0.2, -0.15) is 12.6 Å². The molecule has 0 aliphatic carbocycles. The summed E-state index contributed by atoms with van der Waals surface area (Å²) < 4.78 is 0. The summed E-state index contributed by atoms with van der Waals surface area (Å²) in [6, 6.07) is -4.75. The molecule has 6 atom stereocenters. The first kappa shape index (κ1) is 27.4. The number of carbonyl (C=O) groups is 4. The number of aromatic nitrogens is 2. The molecule has 0 radical (unpaired) electrons. The standard InChI is InChI=1S/C19H32N6O6S/c1-4-9(2)14(20)17(28)23-12(5-11-6-21-8-22-11)16(27)25-15(10(3)26)18(29)24-13(7-32)19(30)31/h6,8-10,12-15,26,32H,4-5,7,20H2,1-3H3,(H,21,22)(H,23,28)(H,24,29)(H,25,27)(H,30,31). The summed E-state index contributed by atoms with van der Waals surface area (Å²) in [5.74, 6) is -3.84. The van der Waals surface area contributed by atoms with Crippen molar-refractivity contribution >= 4 is 36.3 Å². The maximum atomic E-state index is 13.0. The third-order valence-electron chi connectivity index (χ3n) is 5.03. The molecule has 0 saturated carbocycles. The summed E-state index contributed by atoms with van der Waals surface area (Å²) in [7, 11) is 0. The topological polar surface area (TPSA) is 200 Å². The Morgan fingerprint density at radius 3 is 2.22 bits per heavy atom. The number of aliphatic carboxylic acids is 1. The lowest BCUT2D eigenvalue weighted by Crippen LogP contribution is -2.60. The van der Waals surface area contributed by atoms with Gasteiger partial charge in [-0.25, -0.2) is 9.78 Å². The average Bonchev–Trinajstić information content (AvgIpc) is 3.26. The average molecular weight is 473 g/mol. The Labute approximate surface area is 191 Å². The summed E-state index contributed by atoms with van der Waals surface area (Å²) in [6.07, 6.45) is 2.22. The lowest BCUT2D eigenvalue weighted by Gasteiger charge is -2.27. The Kier molecular flexibility index (Phi) is 11.2. The third-order valence-corrected chi connectivity index (χ3v) is 5.40. The summed E-state index contributed by atoms with van der Waals surface area (Å²) in [5.41, 5.74) is 6.50. The summed E-state index contributed by atoms with van der Waals surface area (Å²) in [4.78, 5) is 55.8. The molecule has 1 aromatic heterocycles. The number of carboxylic acid groups (broad SMARTS) is 1. The van der Waals surface area contributed by atoms with E-state index in [2.05, 4.69) is 38.5 Å². The molecule has 0 aliphatic rings. The zero-order chi connectivity index (χ0) is 24.4. The van der Waals surface area contributed by atoms with Crippen LogP contribution in [0.25, 0.3) is 0 Å². The van der Waals surface area contributed by atoms with Gasteiger partial charge in [0, 0.05) is 24.1 Å². The molecule has 3 amide bonds. The number of H-pyrrole nitrogens is 1. The summed E-state index contributed by atoms with van der Waals surface area (Å²) >= 11 is 3.87. The van der Waals surface area contributed by atoms with Gasteiger partial charge in [0.15, 0.2) is 0 Å². The molecule has 180 valence electrons. The molecule has 0 bridgehead atoms. The molecule has 13 heteroatoms. The fourth-order valence-electron chi connectivity index (χ4n) is 2.71. The number of amides is 3. The van der Waals surface area contributed by atoms with E-state index >= 15 is 0 Å². The molecule has 0 aromatic carbocycles. The molecule has 12 nitrogen and oxygen atoms in total. The van der Waals surface area contributed by atoms with Gasteiger partial charge in [-0.05, 0) is 12.8 Å². The van der Waals surface area contributed by atoms with Gasteiger partial charge in [0.05, 0.1) is 18.5 Å². The van der Waals surface area contributed by atoms with Crippen molar-refractivity contribution in [1.82, 2.24) is 25.9 Å². The van der Waals surface area contributed by atoms with Crippen LogP contribution in [0.1, 0.15) is 32.9 Å². The zero-order valence-corrected chi connectivity index (χ0v) is 19.1. The van der Waals surface area contributed by atoms with Crippen molar-refractivity contribution in [1.29, 1.82) is 0 Å². The van der Waals surface area contributed by atoms with Gasteiger partial charge in [0.2, 0.25) is 17.7 Å². The fraction of sp³-hybridized carbons (Fsp3) is 0.632. The largest absolute Gasteiger partial charge is 0.480 e. The van der Waals surface area contributed by atoms with Gasteiger partial charge >= 0.3 is 5.97 Å². The van der Waals surface area contributed by atoms with Crippen LogP contribution < -0.4 is 21.7 Å². The Hall–Kier alpha value is -2.64. The van der Waals surface area contributed by atoms with Gasteiger partial charge in [0.25, 0.3) is 0 Å². The van der Waals surface area contributed by atoms with E-state index < -0.39 is 54.0 Å². The molecule has 6 unspecified atom stereocenters. The predicted octanol–water partition coefficient (Wildman–Crippen LogP) is -1.82. The number of aliphatic hydroxyl groups is 1. The van der Waals surface area contributed by atoms with Crippen molar-refractivity contribution in [3.05, 3.63) is 18.2 Å². The van der Waals surface area contributed by atoms with Gasteiger partial charge in [0.1, 0.15) is 18.1 Å². The van der Waals surface area contributed by atoms with E-state index in [-0.39, 0.29) is 18.1 Å². The van der Waals surface area contributed by atoms with Crippen molar-refractivity contribution in [2.75, 3.05) is 5.75 Å². The number of nitrogens with two attached hydrogens (primary N) is 1. The molecule has 0 saturated heterocycles. The maximum absolute atomic E-state index is 13.0. The number of aromatic amines is 1. The number of imidazole rings is 1. The first-order valence-corrected chi connectivity index (χ1v) is 10.8. The number of hydrogen-bond donors (Lipinski definition) is 8. The molecule has 0 aliphatic heterocycles. The predicted molar refractivity (Wildman–Crippen MR) is 119 cm³/mol. The van der Waals surface area contributed by atoms with Crippen molar-refractivity contribution in [2.45, 2.75) is 63.9 Å². The highest BCUT2D eigenvalue weighted by Gasteiger charge is 2.33. The van der Waals surface area contributed by atoms with Crippen molar-refractivity contribution in [3.8, 4) is 0 Å². The second-order valence-electron chi connectivity index (χ2n) is 7.56. The van der Waals surface area contributed by atoms with Crippen LogP contribution in [-0.2, 0) is 25.6 Å². The normalized spacial score (nSPS) is 16.7. The summed E-state index contributed by atoms with van der Waals surface area (Å²) in [5, 5.41) is 26.3. The first-order valence-electron chi connectivity index (χ1n) is 10.2. The van der Waals surface area contributed by atoms with Gasteiger partial charge in [-0.1, -0.05) is 20.3 Å². The molecule has 1 aromatic rings. The van der Waals surface area contributed by atoms with Gasteiger partial charge < -0.3 is 36.9 Å². The van der Waals surface area contributed by atoms with E-state index in [9.17, 15) is 24.3 Å². The number of rotatable bonds is 13. The Morgan fingerprint density at radius 1 is 1.12 bits per heavy atom. The monoisotopic (exact) mass is 472 g/mol. The van der Waals surface area contributed by atoms with Crippen LogP contribution in [0.5, 0.6) is 0 Å². The molecule has 0 fully saturated rings.